The van der Waals surface area contributed by atoms with Crippen LogP contribution in [0.15, 0.2) is 0 Å². The monoisotopic (exact) mass is 179 g/mol. The number of hydrogen-bond acceptors (Lipinski definition) is 4. The number of carbonyl (C=O) groups excluding carboxylic acids is 1. The van der Waals surface area contributed by atoms with Crippen LogP contribution in [0.1, 0.15) is 13.8 Å². The molecule has 0 bridgehead atoms. The van der Waals surface area contributed by atoms with Crippen LogP contribution >= 0.6 is 0 Å². The molecule has 0 radical (unpaired) electrons. The first kappa shape index (κ1) is 11.6. The van der Waals surface area contributed by atoms with E-state index in [9.17, 15) is 4.79 Å². The standard InChI is InChI=1S/C9H13N3O/c1-8(2)9(13)7-12(5-3-10)6-4-11/h8H,5-7H2,1-2H3. The van der Waals surface area contributed by atoms with Gasteiger partial charge in [0.2, 0.25) is 0 Å². The Labute approximate surface area is 78.4 Å². The molecule has 4 heteroatoms. The zero-order valence-electron chi connectivity index (χ0n) is 7.95. The fourth-order valence-electron chi connectivity index (χ4n) is 0.771. The zero-order valence-corrected chi connectivity index (χ0v) is 7.95. The first-order valence-corrected chi connectivity index (χ1v) is 4.10. The van der Waals surface area contributed by atoms with Gasteiger partial charge in [0.15, 0.2) is 0 Å². The average Bonchev–Trinajstić information content (AvgIpc) is 2.05. The molecule has 0 spiro atoms. The molecule has 0 rings (SSSR count). The van der Waals surface area contributed by atoms with E-state index >= 15 is 0 Å². The van der Waals surface area contributed by atoms with Crippen LogP contribution in [0.2, 0.25) is 0 Å². The Kier molecular flexibility index (Phi) is 5.50. The van der Waals surface area contributed by atoms with Gasteiger partial charge in [0, 0.05) is 5.92 Å². The van der Waals surface area contributed by atoms with Crippen molar-refractivity contribution in [1.29, 1.82) is 10.5 Å². The fourth-order valence-corrected chi connectivity index (χ4v) is 0.771. The third-order valence-corrected chi connectivity index (χ3v) is 1.61. The summed E-state index contributed by atoms with van der Waals surface area (Å²) < 4.78 is 0. The smallest absolute Gasteiger partial charge is 0.149 e. The van der Waals surface area contributed by atoms with Gasteiger partial charge in [-0.15, -0.1) is 0 Å². The molecule has 13 heavy (non-hydrogen) atoms. The molecule has 0 fully saturated rings. The Morgan fingerprint density at radius 2 is 1.77 bits per heavy atom. The topological polar surface area (TPSA) is 67.9 Å². The average molecular weight is 179 g/mol. The van der Waals surface area contributed by atoms with Crippen LogP contribution in [0.25, 0.3) is 0 Å². The van der Waals surface area contributed by atoms with Crippen LogP contribution in [-0.2, 0) is 4.79 Å². The second kappa shape index (κ2) is 6.16. The molecule has 0 heterocycles. The van der Waals surface area contributed by atoms with Gasteiger partial charge in [-0.3, -0.25) is 9.69 Å². The van der Waals surface area contributed by atoms with Crippen LogP contribution in [0.3, 0.4) is 0 Å². The van der Waals surface area contributed by atoms with Crippen LogP contribution in [-0.4, -0.2) is 30.3 Å². The van der Waals surface area contributed by atoms with Crippen LogP contribution in [0, 0.1) is 28.6 Å². The summed E-state index contributed by atoms with van der Waals surface area (Å²) in [6.45, 7) is 4.06. The molecule has 0 unspecified atom stereocenters. The van der Waals surface area contributed by atoms with E-state index in [2.05, 4.69) is 0 Å². The zero-order chi connectivity index (χ0) is 10.3. The number of Topliss-reactive ketones (excluding diaryl/α,β-unsaturated/α-hetero) is 1. The number of ketones is 1. The Hall–Kier alpha value is -1.39. The van der Waals surface area contributed by atoms with Crippen molar-refractivity contribution in [2.45, 2.75) is 13.8 Å². The van der Waals surface area contributed by atoms with Gasteiger partial charge < -0.3 is 0 Å². The summed E-state index contributed by atoms with van der Waals surface area (Å²) in [4.78, 5) is 12.8. The highest BCUT2D eigenvalue weighted by Crippen LogP contribution is 1.97. The lowest BCUT2D eigenvalue weighted by molar-refractivity contribution is -0.122. The molecular formula is C9H13N3O. The van der Waals surface area contributed by atoms with E-state index in [-0.39, 0.29) is 31.3 Å². The Morgan fingerprint density at radius 1 is 1.31 bits per heavy atom. The van der Waals surface area contributed by atoms with Crippen molar-refractivity contribution < 1.29 is 4.79 Å². The summed E-state index contributed by atoms with van der Waals surface area (Å²) in [7, 11) is 0. The van der Waals surface area contributed by atoms with Crippen molar-refractivity contribution >= 4 is 5.78 Å². The molecule has 0 aliphatic rings. The van der Waals surface area contributed by atoms with Crippen molar-refractivity contribution in [2.75, 3.05) is 19.6 Å². The molecular weight excluding hydrogens is 166 g/mol. The summed E-state index contributed by atoms with van der Waals surface area (Å²) in [5.74, 6) is 0.0189. The van der Waals surface area contributed by atoms with Gasteiger partial charge in [-0.2, -0.15) is 10.5 Å². The van der Waals surface area contributed by atoms with Crippen molar-refractivity contribution in [3.05, 3.63) is 0 Å². The first-order chi connectivity index (χ1) is 6.11. The van der Waals surface area contributed by atoms with Gasteiger partial charge >= 0.3 is 0 Å². The lowest BCUT2D eigenvalue weighted by Gasteiger charge is -2.15. The minimum atomic E-state index is -0.0418. The maximum Gasteiger partial charge on any atom is 0.149 e. The molecule has 70 valence electrons. The maximum absolute atomic E-state index is 11.2. The number of nitriles is 2. The summed E-state index contributed by atoms with van der Waals surface area (Å²) in [5.41, 5.74) is 0. The highest BCUT2D eigenvalue weighted by Gasteiger charge is 2.12. The molecule has 4 nitrogen and oxygen atoms in total. The van der Waals surface area contributed by atoms with E-state index in [1.807, 2.05) is 12.1 Å². The lowest BCUT2D eigenvalue weighted by atomic mass is 10.1. The van der Waals surface area contributed by atoms with Gasteiger partial charge in [0.05, 0.1) is 31.8 Å². The van der Waals surface area contributed by atoms with Crippen molar-refractivity contribution in [2.24, 2.45) is 5.92 Å². The van der Waals surface area contributed by atoms with Crippen LogP contribution in [0.4, 0.5) is 0 Å². The van der Waals surface area contributed by atoms with Gasteiger partial charge in [0.25, 0.3) is 0 Å². The largest absolute Gasteiger partial charge is 0.298 e. The quantitative estimate of drug-likeness (QED) is 0.578. The Balaban J connectivity index is 4.04. The van der Waals surface area contributed by atoms with E-state index in [1.54, 1.807) is 13.8 Å². The van der Waals surface area contributed by atoms with Gasteiger partial charge in [-0.25, -0.2) is 0 Å². The summed E-state index contributed by atoms with van der Waals surface area (Å²) in [6.07, 6.45) is 0. The first-order valence-electron chi connectivity index (χ1n) is 4.10. The SMILES string of the molecule is CC(C)C(=O)CN(CC#N)CC#N. The third kappa shape index (κ3) is 4.95. The number of hydrogen-bond donors (Lipinski definition) is 0. The second-order valence-corrected chi connectivity index (χ2v) is 3.08. The summed E-state index contributed by atoms with van der Waals surface area (Å²) >= 11 is 0. The fraction of sp³-hybridized carbons (Fsp3) is 0.667. The Morgan fingerprint density at radius 3 is 2.08 bits per heavy atom. The molecule has 0 amide bonds. The van der Waals surface area contributed by atoms with Crippen molar-refractivity contribution in [3.63, 3.8) is 0 Å². The van der Waals surface area contributed by atoms with Crippen LogP contribution < -0.4 is 0 Å². The normalized spacial score (nSPS) is 9.69. The van der Waals surface area contributed by atoms with E-state index < -0.39 is 0 Å². The van der Waals surface area contributed by atoms with Crippen LogP contribution in [0.5, 0.6) is 0 Å². The molecule has 0 atom stereocenters. The highest BCUT2D eigenvalue weighted by molar-refractivity contribution is 5.82. The van der Waals surface area contributed by atoms with E-state index in [0.29, 0.717) is 0 Å². The minimum absolute atomic E-state index is 0.0418. The predicted octanol–water partition coefficient (Wildman–Crippen LogP) is 0.561. The molecule has 0 saturated carbocycles. The van der Waals surface area contributed by atoms with E-state index in [1.165, 1.54) is 4.90 Å². The van der Waals surface area contributed by atoms with Crippen molar-refractivity contribution in [3.8, 4) is 12.1 Å². The lowest BCUT2D eigenvalue weighted by Crippen LogP contribution is -2.32. The van der Waals surface area contributed by atoms with E-state index in [4.69, 9.17) is 10.5 Å². The molecule has 0 saturated heterocycles. The minimum Gasteiger partial charge on any atom is -0.298 e. The molecule has 0 aromatic rings. The number of carbonyl (C=O) groups is 1. The molecule has 0 aliphatic carbocycles. The number of nitrogens with zero attached hydrogens (tertiary/aromatic N) is 3. The van der Waals surface area contributed by atoms with Gasteiger partial charge in [-0.05, 0) is 0 Å². The molecule has 0 aromatic heterocycles. The van der Waals surface area contributed by atoms with E-state index in [0.717, 1.165) is 0 Å². The second-order valence-electron chi connectivity index (χ2n) is 3.08. The molecule has 0 N–H and O–H groups in total. The molecule has 0 aromatic carbocycles. The van der Waals surface area contributed by atoms with Gasteiger partial charge in [-0.1, -0.05) is 13.8 Å². The maximum atomic E-state index is 11.2. The summed E-state index contributed by atoms with van der Waals surface area (Å²) in [6, 6.07) is 3.84. The number of rotatable bonds is 5. The predicted molar refractivity (Wildman–Crippen MR) is 47.5 cm³/mol. The Bertz CT molecular complexity index is 231. The van der Waals surface area contributed by atoms with Gasteiger partial charge in [0.1, 0.15) is 5.78 Å². The highest BCUT2D eigenvalue weighted by atomic mass is 16.1. The van der Waals surface area contributed by atoms with Crippen molar-refractivity contribution in [1.82, 2.24) is 4.90 Å². The molecule has 0 aliphatic heterocycles. The summed E-state index contributed by atoms with van der Waals surface area (Å²) in [5, 5.41) is 16.8. The third-order valence-electron chi connectivity index (χ3n) is 1.61.